The van der Waals surface area contributed by atoms with Crippen LogP contribution in [0.2, 0.25) is 0 Å². The molecule has 0 spiro atoms. The summed E-state index contributed by atoms with van der Waals surface area (Å²) in [5.74, 6) is 1.44. The summed E-state index contributed by atoms with van der Waals surface area (Å²) < 4.78 is 21.4. The summed E-state index contributed by atoms with van der Waals surface area (Å²) in [4.78, 5) is 15.4. The number of Topliss-reactive ketones (excluding diaryl/α,β-unsaturated/α-hetero) is 1. The lowest BCUT2D eigenvalue weighted by molar-refractivity contribution is -0.00446. The van der Waals surface area contributed by atoms with Crippen LogP contribution in [0.15, 0.2) is 12.1 Å². The molecule has 0 amide bonds. The molecule has 0 radical (unpaired) electrons. The summed E-state index contributed by atoms with van der Waals surface area (Å²) in [5, 5.41) is 0. The van der Waals surface area contributed by atoms with E-state index in [9.17, 15) is 4.79 Å². The van der Waals surface area contributed by atoms with Crippen molar-refractivity contribution in [3.8, 4) is 17.2 Å². The predicted molar refractivity (Wildman–Crippen MR) is 86.9 cm³/mol. The van der Waals surface area contributed by atoms with E-state index in [1.165, 1.54) is 14.2 Å². The minimum absolute atomic E-state index is 0.0456. The summed E-state index contributed by atoms with van der Waals surface area (Å²) in [5.41, 5.74) is -0.244. The second kappa shape index (κ2) is 7.19. The SMILES string of the molecule is COc1cc(OC)c(C(=O)C(C)(C)N2CCOCC2)c(OC)c1. The Morgan fingerprint density at radius 3 is 2.00 bits per heavy atom. The first-order valence-corrected chi connectivity index (χ1v) is 7.63. The lowest BCUT2D eigenvalue weighted by Gasteiger charge is -2.39. The van der Waals surface area contributed by atoms with Crippen molar-refractivity contribution in [3.63, 3.8) is 0 Å². The molecule has 23 heavy (non-hydrogen) atoms. The van der Waals surface area contributed by atoms with Crippen LogP contribution in [0.1, 0.15) is 24.2 Å². The Morgan fingerprint density at radius 1 is 1.04 bits per heavy atom. The van der Waals surface area contributed by atoms with E-state index in [1.54, 1.807) is 19.2 Å². The van der Waals surface area contributed by atoms with Gasteiger partial charge in [-0.05, 0) is 13.8 Å². The minimum atomic E-state index is -0.682. The first-order chi connectivity index (χ1) is 11.0. The van der Waals surface area contributed by atoms with Crippen LogP contribution in [0.4, 0.5) is 0 Å². The molecule has 1 aromatic carbocycles. The topological polar surface area (TPSA) is 57.2 Å². The molecule has 1 fully saturated rings. The number of nitrogens with zero attached hydrogens (tertiary/aromatic N) is 1. The molecule has 128 valence electrons. The van der Waals surface area contributed by atoms with Gasteiger partial charge in [-0.3, -0.25) is 9.69 Å². The second-order valence-electron chi connectivity index (χ2n) is 5.89. The zero-order valence-electron chi connectivity index (χ0n) is 14.5. The number of hydrogen-bond acceptors (Lipinski definition) is 6. The zero-order chi connectivity index (χ0) is 17.0. The Kier molecular flexibility index (Phi) is 5.49. The maximum atomic E-state index is 13.2. The Labute approximate surface area is 137 Å². The van der Waals surface area contributed by atoms with Crippen molar-refractivity contribution in [1.82, 2.24) is 4.90 Å². The van der Waals surface area contributed by atoms with Crippen molar-refractivity contribution >= 4 is 5.78 Å². The largest absolute Gasteiger partial charge is 0.496 e. The zero-order valence-corrected chi connectivity index (χ0v) is 14.5. The predicted octanol–water partition coefficient (Wildman–Crippen LogP) is 2.01. The van der Waals surface area contributed by atoms with Crippen molar-refractivity contribution < 1.29 is 23.7 Å². The van der Waals surface area contributed by atoms with Crippen LogP contribution in [0, 0.1) is 0 Å². The van der Waals surface area contributed by atoms with Crippen molar-refractivity contribution in [3.05, 3.63) is 17.7 Å². The number of ketones is 1. The fourth-order valence-corrected chi connectivity index (χ4v) is 2.80. The van der Waals surface area contributed by atoms with Gasteiger partial charge in [0.2, 0.25) is 0 Å². The Hall–Kier alpha value is -1.79. The third-order valence-corrected chi connectivity index (χ3v) is 4.30. The number of carbonyl (C=O) groups excluding carboxylic acids is 1. The molecule has 6 nitrogen and oxygen atoms in total. The van der Waals surface area contributed by atoms with E-state index in [4.69, 9.17) is 18.9 Å². The Morgan fingerprint density at radius 2 is 1.57 bits per heavy atom. The van der Waals surface area contributed by atoms with Crippen LogP contribution in [0.3, 0.4) is 0 Å². The molecule has 0 saturated carbocycles. The van der Waals surface area contributed by atoms with Crippen LogP contribution >= 0.6 is 0 Å². The van der Waals surface area contributed by atoms with E-state index >= 15 is 0 Å². The smallest absolute Gasteiger partial charge is 0.189 e. The molecule has 1 aliphatic rings. The van der Waals surface area contributed by atoms with Gasteiger partial charge in [0.25, 0.3) is 0 Å². The number of ether oxygens (including phenoxy) is 4. The van der Waals surface area contributed by atoms with Crippen LogP contribution < -0.4 is 14.2 Å². The van der Waals surface area contributed by atoms with E-state index in [2.05, 4.69) is 4.90 Å². The molecule has 1 heterocycles. The fourth-order valence-electron chi connectivity index (χ4n) is 2.80. The number of carbonyl (C=O) groups is 1. The summed E-state index contributed by atoms with van der Waals surface area (Å²) in [7, 11) is 4.63. The van der Waals surface area contributed by atoms with Crippen molar-refractivity contribution in [2.75, 3.05) is 47.6 Å². The monoisotopic (exact) mass is 323 g/mol. The normalized spacial score (nSPS) is 16.0. The lowest BCUT2D eigenvalue weighted by atomic mass is 9.89. The van der Waals surface area contributed by atoms with E-state index < -0.39 is 5.54 Å². The molecule has 1 aliphatic heterocycles. The van der Waals surface area contributed by atoms with Crippen molar-refractivity contribution in [1.29, 1.82) is 0 Å². The molecule has 0 aliphatic carbocycles. The molecule has 1 saturated heterocycles. The summed E-state index contributed by atoms with van der Waals surface area (Å²) in [6.07, 6.45) is 0. The molecule has 2 rings (SSSR count). The molecule has 1 aromatic rings. The Balaban J connectivity index is 2.44. The van der Waals surface area contributed by atoms with Gasteiger partial charge in [0, 0.05) is 25.2 Å². The first kappa shape index (κ1) is 17.6. The maximum Gasteiger partial charge on any atom is 0.189 e. The van der Waals surface area contributed by atoms with Gasteiger partial charge in [-0.2, -0.15) is 0 Å². The number of methoxy groups -OCH3 is 3. The van der Waals surface area contributed by atoms with E-state index in [-0.39, 0.29) is 5.78 Å². The summed E-state index contributed by atoms with van der Waals surface area (Å²) >= 11 is 0. The van der Waals surface area contributed by atoms with Gasteiger partial charge in [-0.25, -0.2) is 0 Å². The highest BCUT2D eigenvalue weighted by atomic mass is 16.5. The maximum absolute atomic E-state index is 13.2. The molecular formula is C17H25NO5. The van der Waals surface area contributed by atoms with Gasteiger partial charge in [-0.1, -0.05) is 0 Å². The molecule has 6 heteroatoms. The molecule has 0 N–H and O–H groups in total. The van der Waals surface area contributed by atoms with E-state index in [0.717, 1.165) is 13.1 Å². The van der Waals surface area contributed by atoms with Gasteiger partial charge < -0.3 is 18.9 Å². The van der Waals surface area contributed by atoms with Crippen molar-refractivity contribution in [2.45, 2.75) is 19.4 Å². The first-order valence-electron chi connectivity index (χ1n) is 7.63. The van der Waals surface area contributed by atoms with Crippen molar-refractivity contribution in [2.24, 2.45) is 0 Å². The number of benzene rings is 1. The third kappa shape index (κ3) is 3.43. The van der Waals surface area contributed by atoms with E-state index in [0.29, 0.717) is 36.0 Å². The average molecular weight is 323 g/mol. The van der Waals surface area contributed by atoms with E-state index in [1.807, 2.05) is 13.8 Å². The molecular weight excluding hydrogens is 298 g/mol. The molecule has 0 bridgehead atoms. The molecule has 0 unspecified atom stereocenters. The second-order valence-corrected chi connectivity index (χ2v) is 5.89. The van der Waals surface area contributed by atoms with Crippen LogP contribution in [-0.2, 0) is 4.74 Å². The van der Waals surface area contributed by atoms with Gasteiger partial charge >= 0.3 is 0 Å². The minimum Gasteiger partial charge on any atom is -0.496 e. The quantitative estimate of drug-likeness (QED) is 0.747. The summed E-state index contributed by atoms with van der Waals surface area (Å²) in [6, 6.07) is 3.40. The van der Waals surface area contributed by atoms with Crippen LogP contribution in [0.5, 0.6) is 17.2 Å². The van der Waals surface area contributed by atoms with Gasteiger partial charge in [0.05, 0.1) is 40.1 Å². The lowest BCUT2D eigenvalue weighted by Crippen LogP contribution is -2.54. The highest BCUT2D eigenvalue weighted by molar-refractivity contribution is 6.07. The standard InChI is InChI=1S/C17H25NO5/c1-17(2,18-6-8-23-9-7-18)16(19)15-13(21-4)10-12(20-3)11-14(15)22-5/h10-11H,6-9H2,1-5H3. The number of hydrogen-bond donors (Lipinski definition) is 0. The average Bonchev–Trinajstić information content (AvgIpc) is 2.60. The van der Waals surface area contributed by atoms with Gasteiger partial charge in [-0.15, -0.1) is 0 Å². The fraction of sp³-hybridized carbons (Fsp3) is 0.588. The van der Waals surface area contributed by atoms with Crippen LogP contribution in [-0.4, -0.2) is 63.9 Å². The van der Waals surface area contributed by atoms with Crippen LogP contribution in [0.25, 0.3) is 0 Å². The highest BCUT2D eigenvalue weighted by Gasteiger charge is 2.39. The number of rotatable bonds is 6. The third-order valence-electron chi connectivity index (χ3n) is 4.30. The Bertz CT molecular complexity index is 539. The number of morpholine rings is 1. The molecule has 0 aromatic heterocycles. The molecule has 0 atom stereocenters. The van der Waals surface area contributed by atoms with Gasteiger partial charge in [0.1, 0.15) is 22.8 Å². The summed E-state index contributed by atoms with van der Waals surface area (Å²) in [6.45, 7) is 6.55. The highest BCUT2D eigenvalue weighted by Crippen LogP contribution is 2.37. The van der Waals surface area contributed by atoms with Gasteiger partial charge in [0.15, 0.2) is 5.78 Å².